The minimum absolute atomic E-state index is 0.107. The molecule has 1 fully saturated rings. The van der Waals surface area contributed by atoms with Crippen molar-refractivity contribution in [1.82, 2.24) is 10.2 Å². The quantitative estimate of drug-likeness (QED) is 0.791. The standard InChI is InChI=1S/C21H21ClN2O4/c1-2-21(15-7-4-3-5-8-15)19(25)24(20(26)23-21)13-14-11-16(22)18-17(12-14)27-9-6-10-28-18/h3-5,7-8,11-12H,2,6,9-10,13H2,1H3,(H,23,26)/t21-/m0/s1. The molecule has 1 atom stereocenters. The second-order valence-electron chi connectivity index (χ2n) is 6.90. The van der Waals surface area contributed by atoms with E-state index in [2.05, 4.69) is 5.32 Å². The summed E-state index contributed by atoms with van der Waals surface area (Å²) in [5, 5.41) is 3.30. The molecule has 0 bridgehead atoms. The molecule has 7 heteroatoms. The van der Waals surface area contributed by atoms with Crippen LogP contribution in [-0.4, -0.2) is 30.1 Å². The summed E-state index contributed by atoms with van der Waals surface area (Å²) >= 11 is 6.35. The molecule has 4 rings (SSSR count). The number of ether oxygens (including phenoxy) is 2. The molecule has 2 aromatic carbocycles. The molecular formula is C21H21ClN2O4. The van der Waals surface area contributed by atoms with Gasteiger partial charge in [-0.15, -0.1) is 0 Å². The number of amides is 3. The van der Waals surface area contributed by atoms with E-state index in [9.17, 15) is 9.59 Å². The number of nitrogens with one attached hydrogen (secondary N) is 1. The van der Waals surface area contributed by atoms with E-state index < -0.39 is 11.6 Å². The van der Waals surface area contributed by atoms with Gasteiger partial charge in [-0.05, 0) is 29.7 Å². The topological polar surface area (TPSA) is 67.9 Å². The van der Waals surface area contributed by atoms with Gasteiger partial charge in [0.15, 0.2) is 11.5 Å². The van der Waals surface area contributed by atoms with Crippen molar-refractivity contribution in [2.24, 2.45) is 0 Å². The van der Waals surface area contributed by atoms with Gasteiger partial charge in [0.1, 0.15) is 5.54 Å². The Kier molecular flexibility index (Phi) is 4.89. The van der Waals surface area contributed by atoms with Crippen LogP contribution in [0.5, 0.6) is 11.5 Å². The van der Waals surface area contributed by atoms with Crippen molar-refractivity contribution < 1.29 is 19.1 Å². The van der Waals surface area contributed by atoms with E-state index >= 15 is 0 Å². The van der Waals surface area contributed by atoms with E-state index in [1.165, 1.54) is 4.90 Å². The lowest BCUT2D eigenvalue weighted by Gasteiger charge is -2.25. The smallest absolute Gasteiger partial charge is 0.325 e. The molecule has 2 aliphatic heterocycles. The molecule has 2 aliphatic rings. The van der Waals surface area contributed by atoms with Gasteiger partial charge in [-0.25, -0.2) is 4.79 Å². The molecule has 3 amide bonds. The second kappa shape index (κ2) is 7.36. The Balaban J connectivity index is 1.64. The van der Waals surface area contributed by atoms with E-state index in [0.29, 0.717) is 41.7 Å². The predicted molar refractivity (Wildman–Crippen MR) is 105 cm³/mol. The molecule has 0 radical (unpaired) electrons. The number of nitrogens with zero attached hydrogens (tertiary/aromatic N) is 1. The number of hydrogen-bond donors (Lipinski definition) is 1. The number of hydrogen-bond acceptors (Lipinski definition) is 4. The van der Waals surface area contributed by atoms with Gasteiger partial charge in [-0.2, -0.15) is 0 Å². The second-order valence-corrected chi connectivity index (χ2v) is 7.31. The monoisotopic (exact) mass is 400 g/mol. The molecule has 146 valence electrons. The minimum Gasteiger partial charge on any atom is -0.489 e. The van der Waals surface area contributed by atoms with Crippen LogP contribution in [0.25, 0.3) is 0 Å². The Morgan fingerprint density at radius 1 is 1.14 bits per heavy atom. The number of urea groups is 1. The SMILES string of the molecule is CC[C@@]1(c2ccccc2)NC(=O)N(Cc2cc(Cl)c3c(c2)OCCCO3)C1=O. The third-order valence-corrected chi connectivity index (χ3v) is 5.46. The molecule has 2 aromatic rings. The molecule has 28 heavy (non-hydrogen) atoms. The molecule has 1 saturated heterocycles. The van der Waals surface area contributed by atoms with Crippen LogP contribution < -0.4 is 14.8 Å². The van der Waals surface area contributed by atoms with Crippen LogP contribution in [-0.2, 0) is 16.9 Å². The Labute approximate surface area is 168 Å². The summed E-state index contributed by atoms with van der Waals surface area (Å²) in [6.45, 7) is 3.06. The maximum absolute atomic E-state index is 13.3. The summed E-state index contributed by atoms with van der Waals surface area (Å²) in [5.74, 6) is 0.776. The summed E-state index contributed by atoms with van der Waals surface area (Å²) in [6.07, 6.45) is 1.23. The molecule has 0 aliphatic carbocycles. The van der Waals surface area contributed by atoms with E-state index in [1.807, 2.05) is 37.3 Å². The normalized spacial score (nSPS) is 21.4. The van der Waals surface area contributed by atoms with Crippen molar-refractivity contribution in [3.8, 4) is 11.5 Å². The number of rotatable bonds is 4. The van der Waals surface area contributed by atoms with E-state index in [4.69, 9.17) is 21.1 Å². The summed E-state index contributed by atoms with van der Waals surface area (Å²) in [6, 6.07) is 12.4. The van der Waals surface area contributed by atoms with Gasteiger partial charge in [0.2, 0.25) is 0 Å². The molecule has 2 heterocycles. The first-order chi connectivity index (χ1) is 13.5. The Morgan fingerprint density at radius 3 is 2.64 bits per heavy atom. The number of halogens is 1. The van der Waals surface area contributed by atoms with E-state index in [1.54, 1.807) is 12.1 Å². The molecule has 0 aromatic heterocycles. The Morgan fingerprint density at radius 2 is 1.89 bits per heavy atom. The van der Waals surface area contributed by atoms with Gasteiger partial charge in [0.25, 0.3) is 5.91 Å². The third-order valence-electron chi connectivity index (χ3n) is 5.18. The van der Waals surface area contributed by atoms with Crippen LogP contribution in [0, 0.1) is 0 Å². The zero-order valence-electron chi connectivity index (χ0n) is 15.5. The van der Waals surface area contributed by atoms with Crippen LogP contribution >= 0.6 is 11.6 Å². The number of imide groups is 1. The highest BCUT2D eigenvalue weighted by Gasteiger charge is 2.51. The van der Waals surface area contributed by atoms with Crippen molar-refractivity contribution in [2.45, 2.75) is 31.8 Å². The number of carbonyl (C=O) groups is 2. The fourth-order valence-corrected chi connectivity index (χ4v) is 3.98. The average Bonchev–Trinajstić information content (AvgIpc) is 2.86. The molecule has 0 spiro atoms. The zero-order valence-corrected chi connectivity index (χ0v) is 16.3. The number of benzene rings is 2. The maximum Gasteiger partial charge on any atom is 0.325 e. The van der Waals surface area contributed by atoms with Crippen LogP contribution in [0.1, 0.15) is 30.9 Å². The van der Waals surface area contributed by atoms with Gasteiger partial charge < -0.3 is 14.8 Å². The average molecular weight is 401 g/mol. The Bertz CT molecular complexity index is 918. The molecule has 1 N–H and O–H groups in total. The Hall–Kier alpha value is -2.73. The fourth-order valence-electron chi connectivity index (χ4n) is 3.69. The summed E-state index contributed by atoms with van der Waals surface area (Å²) < 4.78 is 11.3. The maximum atomic E-state index is 13.3. The van der Waals surface area contributed by atoms with Gasteiger partial charge >= 0.3 is 6.03 Å². The molecule has 0 unspecified atom stereocenters. The first-order valence-electron chi connectivity index (χ1n) is 9.33. The fraction of sp³-hybridized carbons (Fsp3) is 0.333. The van der Waals surface area contributed by atoms with Crippen LogP contribution in [0.2, 0.25) is 5.02 Å². The lowest BCUT2D eigenvalue weighted by molar-refractivity contribution is -0.132. The number of carbonyl (C=O) groups excluding carboxylic acids is 2. The first kappa shape index (κ1) is 18.6. The van der Waals surface area contributed by atoms with Crippen LogP contribution in [0.15, 0.2) is 42.5 Å². The lowest BCUT2D eigenvalue weighted by Crippen LogP contribution is -2.43. The van der Waals surface area contributed by atoms with E-state index in [0.717, 1.165) is 12.0 Å². The van der Waals surface area contributed by atoms with E-state index in [-0.39, 0.29) is 12.5 Å². The van der Waals surface area contributed by atoms with Gasteiger partial charge in [0, 0.05) is 6.42 Å². The minimum atomic E-state index is -1.05. The lowest BCUT2D eigenvalue weighted by atomic mass is 9.87. The van der Waals surface area contributed by atoms with Crippen molar-refractivity contribution in [1.29, 1.82) is 0 Å². The zero-order chi connectivity index (χ0) is 19.7. The highest BCUT2D eigenvalue weighted by molar-refractivity contribution is 6.32. The molecular weight excluding hydrogens is 380 g/mol. The van der Waals surface area contributed by atoms with Crippen LogP contribution in [0.3, 0.4) is 0 Å². The molecule has 0 saturated carbocycles. The van der Waals surface area contributed by atoms with Crippen LogP contribution in [0.4, 0.5) is 4.79 Å². The van der Waals surface area contributed by atoms with Crippen molar-refractivity contribution in [3.63, 3.8) is 0 Å². The van der Waals surface area contributed by atoms with Crippen molar-refractivity contribution in [3.05, 3.63) is 58.6 Å². The van der Waals surface area contributed by atoms with Gasteiger partial charge in [-0.3, -0.25) is 9.69 Å². The first-order valence-corrected chi connectivity index (χ1v) is 9.70. The van der Waals surface area contributed by atoms with Gasteiger partial charge in [-0.1, -0.05) is 48.9 Å². The highest BCUT2D eigenvalue weighted by Crippen LogP contribution is 2.39. The van der Waals surface area contributed by atoms with Gasteiger partial charge in [0.05, 0.1) is 24.8 Å². The number of fused-ring (bicyclic) bond motifs is 1. The predicted octanol–water partition coefficient (Wildman–Crippen LogP) is 3.86. The van der Waals surface area contributed by atoms with Crippen molar-refractivity contribution in [2.75, 3.05) is 13.2 Å². The third kappa shape index (κ3) is 3.07. The largest absolute Gasteiger partial charge is 0.489 e. The van der Waals surface area contributed by atoms with Crippen molar-refractivity contribution >= 4 is 23.5 Å². The highest BCUT2D eigenvalue weighted by atomic mass is 35.5. The summed E-state index contributed by atoms with van der Waals surface area (Å²) in [7, 11) is 0. The molecule has 6 nitrogen and oxygen atoms in total. The summed E-state index contributed by atoms with van der Waals surface area (Å²) in [5.41, 5.74) is 0.431. The summed E-state index contributed by atoms with van der Waals surface area (Å²) in [4.78, 5) is 27.2.